The molecule has 0 aromatic heterocycles. The molecule has 0 radical (unpaired) electrons. The lowest BCUT2D eigenvalue weighted by molar-refractivity contribution is 0.156. The molecular weight excluding hydrogens is 328 g/mol. The highest BCUT2D eigenvalue weighted by Crippen LogP contribution is 2.41. The van der Waals surface area contributed by atoms with Gasteiger partial charge in [0.2, 0.25) is 0 Å². The molecule has 26 heavy (non-hydrogen) atoms. The van der Waals surface area contributed by atoms with Crippen molar-refractivity contribution in [1.29, 1.82) is 0 Å². The van der Waals surface area contributed by atoms with Gasteiger partial charge in [0.15, 0.2) is 0 Å². The molecular formula is C21H26N2O3. The summed E-state index contributed by atoms with van der Waals surface area (Å²) in [5, 5.41) is 3.57. The van der Waals surface area contributed by atoms with Crippen LogP contribution in [0.5, 0.6) is 5.75 Å². The number of nitrogens with zero attached hydrogens (tertiary/aromatic N) is 1. The lowest BCUT2D eigenvalue weighted by Gasteiger charge is -2.39. The fraction of sp³-hybridized carbons (Fsp3) is 0.381. The van der Waals surface area contributed by atoms with Crippen LogP contribution in [0.4, 0.5) is 16.2 Å². The van der Waals surface area contributed by atoms with Crippen LogP contribution >= 0.6 is 0 Å². The van der Waals surface area contributed by atoms with Crippen molar-refractivity contribution >= 4 is 17.5 Å². The Balaban J connectivity index is 2.09. The van der Waals surface area contributed by atoms with Gasteiger partial charge in [-0.25, -0.2) is 4.79 Å². The highest BCUT2D eigenvalue weighted by Gasteiger charge is 2.34. The summed E-state index contributed by atoms with van der Waals surface area (Å²) in [6.07, 6.45) is 1.46. The maximum atomic E-state index is 12.9. The lowest BCUT2D eigenvalue weighted by Crippen LogP contribution is -2.41. The zero-order valence-electron chi connectivity index (χ0n) is 15.6. The van der Waals surface area contributed by atoms with E-state index in [1.165, 1.54) is 0 Å². The first-order valence-corrected chi connectivity index (χ1v) is 9.13. The summed E-state index contributed by atoms with van der Waals surface area (Å²) in [5.41, 5.74) is 2.92. The predicted molar refractivity (Wildman–Crippen MR) is 104 cm³/mol. The van der Waals surface area contributed by atoms with Crippen LogP contribution < -0.4 is 15.0 Å². The van der Waals surface area contributed by atoms with Crippen molar-refractivity contribution in [2.24, 2.45) is 0 Å². The Morgan fingerprint density at radius 2 is 1.96 bits per heavy atom. The zero-order chi connectivity index (χ0) is 18.5. The van der Waals surface area contributed by atoms with Gasteiger partial charge in [0.05, 0.1) is 19.8 Å². The molecule has 2 atom stereocenters. The fourth-order valence-corrected chi connectivity index (χ4v) is 3.46. The summed E-state index contributed by atoms with van der Waals surface area (Å²) in [6.45, 7) is 4.32. The standard InChI is InChI=1S/C21H26N2O3/c1-4-15-13-20(18-14-17(25-3)11-12-19(18)22-15)23(21(24)26-5-2)16-9-7-6-8-10-16/h6-12,14-15,20,22H,4-5,13H2,1-3H3/t15-,20+/m1/s1. The Bertz CT molecular complexity index is 748. The number of carbonyl (C=O) groups is 1. The van der Waals surface area contributed by atoms with E-state index in [0.717, 1.165) is 35.5 Å². The van der Waals surface area contributed by atoms with Crippen molar-refractivity contribution in [1.82, 2.24) is 0 Å². The molecule has 3 rings (SSSR count). The Morgan fingerprint density at radius 3 is 2.62 bits per heavy atom. The maximum absolute atomic E-state index is 12.9. The number of nitrogens with one attached hydrogen (secondary N) is 1. The number of fused-ring (bicyclic) bond motifs is 1. The van der Waals surface area contributed by atoms with Gasteiger partial charge in [0.25, 0.3) is 0 Å². The van der Waals surface area contributed by atoms with Crippen molar-refractivity contribution in [3.8, 4) is 5.75 Å². The van der Waals surface area contributed by atoms with Gasteiger partial charge in [-0.1, -0.05) is 25.1 Å². The van der Waals surface area contributed by atoms with Gasteiger partial charge in [-0.3, -0.25) is 4.90 Å². The number of ether oxygens (including phenoxy) is 2. The monoisotopic (exact) mass is 354 g/mol. The van der Waals surface area contributed by atoms with Crippen molar-refractivity contribution < 1.29 is 14.3 Å². The Labute approximate surface area is 154 Å². The van der Waals surface area contributed by atoms with Gasteiger partial charge in [-0.15, -0.1) is 0 Å². The van der Waals surface area contributed by atoms with Crippen molar-refractivity contribution in [2.75, 3.05) is 23.9 Å². The van der Waals surface area contributed by atoms with E-state index in [1.54, 1.807) is 12.0 Å². The topological polar surface area (TPSA) is 50.8 Å². The highest BCUT2D eigenvalue weighted by molar-refractivity contribution is 5.89. The molecule has 5 heteroatoms. The molecule has 0 fully saturated rings. The summed E-state index contributed by atoms with van der Waals surface area (Å²) >= 11 is 0. The minimum atomic E-state index is -0.325. The Hall–Kier alpha value is -2.69. The van der Waals surface area contributed by atoms with Gasteiger partial charge in [0, 0.05) is 23.0 Å². The van der Waals surface area contributed by atoms with Gasteiger partial charge >= 0.3 is 6.09 Å². The molecule has 1 amide bonds. The number of amides is 1. The number of para-hydroxylation sites is 1. The molecule has 0 bridgehead atoms. The van der Waals surface area contributed by atoms with E-state index < -0.39 is 0 Å². The minimum Gasteiger partial charge on any atom is -0.497 e. The number of hydrogen-bond donors (Lipinski definition) is 1. The molecule has 5 nitrogen and oxygen atoms in total. The SMILES string of the molecule is CCOC(=O)N(c1ccccc1)[C@H]1C[C@@H](CC)Nc2ccc(OC)cc21. The third-order valence-electron chi connectivity index (χ3n) is 4.79. The molecule has 138 valence electrons. The van der Waals surface area contributed by atoms with Crippen LogP contribution in [0.25, 0.3) is 0 Å². The average Bonchev–Trinajstić information content (AvgIpc) is 2.68. The molecule has 0 aliphatic carbocycles. The van der Waals surface area contributed by atoms with Crippen LogP contribution in [0.15, 0.2) is 48.5 Å². The summed E-state index contributed by atoms with van der Waals surface area (Å²) in [7, 11) is 1.65. The first kappa shape index (κ1) is 18.1. The van der Waals surface area contributed by atoms with E-state index in [4.69, 9.17) is 9.47 Å². The largest absolute Gasteiger partial charge is 0.497 e. The zero-order valence-corrected chi connectivity index (χ0v) is 15.6. The van der Waals surface area contributed by atoms with E-state index in [1.807, 2.05) is 55.5 Å². The highest BCUT2D eigenvalue weighted by atomic mass is 16.6. The van der Waals surface area contributed by atoms with Gasteiger partial charge in [-0.05, 0) is 50.1 Å². The number of anilines is 2. The summed E-state index contributed by atoms with van der Waals surface area (Å²) in [6, 6.07) is 15.9. The molecule has 2 aromatic rings. The fourth-order valence-electron chi connectivity index (χ4n) is 3.46. The second kappa shape index (κ2) is 8.13. The average molecular weight is 354 g/mol. The molecule has 1 aliphatic rings. The molecule has 1 N–H and O–H groups in total. The van der Waals surface area contributed by atoms with Crippen LogP contribution in [0.2, 0.25) is 0 Å². The van der Waals surface area contributed by atoms with E-state index in [2.05, 4.69) is 12.2 Å². The molecule has 0 unspecified atom stereocenters. The number of benzene rings is 2. The number of rotatable bonds is 5. The normalized spacial score (nSPS) is 18.4. The number of carbonyl (C=O) groups excluding carboxylic acids is 1. The van der Waals surface area contributed by atoms with E-state index in [-0.39, 0.29) is 12.1 Å². The van der Waals surface area contributed by atoms with Gasteiger partial charge in [0.1, 0.15) is 5.75 Å². The van der Waals surface area contributed by atoms with Crippen LogP contribution in [0, 0.1) is 0 Å². The number of methoxy groups -OCH3 is 1. The Morgan fingerprint density at radius 1 is 1.19 bits per heavy atom. The lowest BCUT2D eigenvalue weighted by atomic mass is 9.90. The second-order valence-corrected chi connectivity index (χ2v) is 6.36. The predicted octanol–water partition coefficient (Wildman–Crippen LogP) is 4.99. The summed E-state index contributed by atoms with van der Waals surface area (Å²) in [5.74, 6) is 0.780. The molecule has 2 aromatic carbocycles. The van der Waals surface area contributed by atoms with Crippen LogP contribution in [0.3, 0.4) is 0 Å². The van der Waals surface area contributed by atoms with E-state index >= 15 is 0 Å². The maximum Gasteiger partial charge on any atom is 0.414 e. The summed E-state index contributed by atoms with van der Waals surface area (Å²) < 4.78 is 10.8. The molecule has 0 saturated heterocycles. The van der Waals surface area contributed by atoms with Gasteiger partial charge < -0.3 is 14.8 Å². The first-order valence-electron chi connectivity index (χ1n) is 9.13. The molecule has 0 spiro atoms. The molecule has 0 saturated carbocycles. The second-order valence-electron chi connectivity index (χ2n) is 6.36. The van der Waals surface area contributed by atoms with Crippen LogP contribution in [-0.2, 0) is 4.74 Å². The smallest absolute Gasteiger partial charge is 0.414 e. The Kier molecular flexibility index (Phi) is 5.66. The molecule has 1 aliphatic heterocycles. The van der Waals surface area contributed by atoms with Gasteiger partial charge in [-0.2, -0.15) is 0 Å². The van der Waals surface area contributed by atoms with Crippen molar-refractivity contribution in [2.45, 2.75) is 38.8 Å². The summed E-state index contributed by atoms with van der Waals surface area (Å²) in [4.78, 5) is 14.6. The first-order chi connectivity index (χ1) is 12.7. The van der Waals surface area contributed by atoms with Crippen LogP contribution in [-0.4, -0.2) is 25.9 Å². The van der Waals surface area contributed by atoms with Crippen molar-refractivity contribution in [3.63, 3.8) is 0 Å². The number of hydrogen-bond acceptors (Lipinski definition) is 4. The van der Waals surface area contributed by atoms with Crippen molar-refractivity contribution in [3.05, 3.63) is 54.1 Å². The van der Waals surface area contributed by atoms with Crippen LogP contribution in [0.1, 0.15) is 38.3 Å². The quantitative estimate of drug-likeness (QED) is 0.821. The minimum absolute atomic E-state index is 0.118. The third-order valence-corrected chi connectivity index (χ3v) is 4.79. The molecule has 1 heterocycles. The third kappa shape index (κ3) is 3.62. The van der Waals surface area contributed by atoms with E-state index in [0.29, 0.717) is 12.6 Å². The van der Waals surface area contributed by atoms with E-state index in [9.17, 15) is 4.79 Å².